The first-order valence-electron chi connectivity index (χ1n) is 6.15. The van der Waals surface area contributed by atoms with E-state index < -0.39 is 0 Å². The molecular formula is C13H20N2O2. The summed E-state index contributed by atoms with van der Waals surface area (Å²) in [4.78, 5) is 26.5. The Bertz CT molecular complexity index is 376. The molecule has 0 aromatic rings. The third kappa shape index (κ3) is 1.96. The molecular weight excluding hydrogens is 216 g/mol. The van der Waals surface area contributed by atoms with Crippen molar-refractivity contribution in [3.63, 3.8) is 0 Å². The Labute approximate surface area is 102 Å². The molecule has 0 N–H and O–H groups in total. The number of allylic oxidation sites excluding steroid dienone is 1. The first-order chi connectivity index (χ1) is 8.01. The highest BCUT2D eigenvalue weighted by atomic mass is 16.2. The molecule has 0 spiro atoms. The molecule has 4 nitrogen and oxygen atoms in total. The SMILES string of the molecule is CCC1(C=O)C=C2CN(C(=O)N(C)C)CC2C1. The molecule has 2 unspecified atom stereocenters. The first-order valence-corrected chi connectivity index (χ1v) is 6.15. The molecule has 1 fully saturated rings. The van der Waals surface area contributed by atoms with Gasteiger partial charge in [-0.05, 0) is 18.4 Å². The number of fused-ring (bicyclic) bond motifs is 1. The summed E-state index contributed by atoms with van der Waals surface area (Å²) in [5.41, 5.74) is 1.02. The van der Waals surface area contributed by atoms with Crippen molar-refractivity contribution in [3.8, 4) is 0 Å². The van der Waals surface area contributed by atoms with Crippen LogP contribution in [0.1, 0.15) is 19.8 Å². The van der Waals surface area contributed by atoms with Crippen molar-refractivity contribution in [1.29, 1.82) is 0 Å². The van der Waals surface area contributed by atoms with Crippen LogP contribution in [-0.2, 0) is 4.79 Å². The summed E-state index contributed by atoms with van der Waals surface area (Å²) in [7, 11) is 3.54. The molecule has 1 aliphatic heterocycles. The summed E-state index contributed by atoms with van der Waals surface area (Å²) in [6.07, 6.45) is 4.92. The number of hydrogen-bond donors (Lipinski definition) is 0. The summed E-state index contributed by atoms with van der Waals surface area (Å²) in [6.45, 7) is 3.50. The van der Waals surface area contributed by atoms with Gasteiger partial charge in [0.2, 0.25) is 0 Å². The van der Waals surface area contributed by atoms with E-state index in [2.05, 4.69) is 13.0 Å². The van der Waals surface area contributed by atoms with E-state index in [0.717, 1.165) is 25.7 Å². The third-order valence-electron chi connectivity index (χ3n) is 3.98. The van der Waals surface area contributed by atoms with Crippen molar-refractivity contribution in [3.05, 3.63) is 11.6 Å². The second-order valence-electron chi connectivity index (χ2n) is 5.38. The fraction of sp³-hybridized carbons (Fsp3) is 0.692. The predicted octanol–water partition coefficient (Wildman–Crippen LogP) is 1.53. The van der Waals surface area contributed by atoms with Crippen LogP contribution in [0.4, 0.5) is 4.79 Å². The second-order valence-corrected chi connectivity index (χ2v) is 5.38. The summed E-state index contributed by atoms with van der Waals surface area (Å²) in [5.74, 6) is 0.393. The van der Waals surface area contributed by atoms with Crippen LogP contribution in [-0.4, -0.2) is 49.3 Å². The lowest BCUT2D eigenvalue weighted by molar-refractivity contribution is -0.114. The Hall–Kier alpha value is -1.32. The quantitative estimate of drug-likeness (QED) is 0.539. The number of hydrogen-bond acceptors (Lipinski definition) is 2. The van der Waals surface area contributed by atoms with E-state index in [1.165, 1.54) is 5.57 Å². The van der Waals surface area contributed by atoms with Crippen LogP contribution >= 0.6 is 0 Å². The van der Waals surface area contributed by atoms with Gasteiger partial charge >= 0.3 is 6.03 Å². The van der Waals surface area contributed by atoms with Crippen LogP contribution in [0.5, 0.6) is 0 Å². The summed E-state index contributed by atoms with van der Waals surface area (Å²) in [5, 5.41) is 0. The number of rotatable bonds is 2. The van der Waals surface area contributed by atoms with Crippen molar-refractivity contribution in [2.24, 2.45) is 11.3 Å². The summed E-state index contributed by atoms with van der Waals surface area (Å²) in [6, 6.07) is 0.0634. The highest BCUT2D eigenvalue weighted by molar-refractivity contribution is 5.75. The smallest absolute Gasteiger partial charge is 0.319 e. The van der Waals surface area contributed by atoms with Crippen molar-refractivity contribution in [2.45, 2.75) is 19.8 Å². The van der Waals surface area contributed by atoms with E-state index in [9.17, 15) is 9.59 Å². The van der Waals surface area contributed by atoms with Gasteiger partial charge in [0.15, 0.2) is 0 Å². The van der Waals surface area contributed by atoms with Gasteiger partial charge in [-0.2, -0.15) is 0 Å². The molecule has 17 heavy (non-hydrogen) atoms. The van der Waals surface area contributed by atoms with Crippen LogP contribution in [0, 0.1) is 11.3 Å². The van der Waals surface area contributed by atoms with Gasteiger partial charge in [0.1, 0.15) is 6.29 Å². The van der Waals surface area contributed by atoms with Crippen molar-refractivity contribution in [2.75, 3.05) is 27.2 Å². The second kappa shape index (κ2) is 4.17. The third-order valence-corrected chi connectivity index (χ3v) is 3.98. The van der Waals surface area contributed by atoms with E-state index in [0.29, 0.717) is 12.5 Å². The Balaban J connectivity index is 2.11. The zero-order valence-corrected chi connectivity index (χ0v) is 10.8. The molecule has 2 rings (SSSR count). The molecule has 0 radical (unpaired) electrons. The van der Waals surface area contributed by atoms with Crippen LogP contribution < -0.4 is 0 Å². The maximum absolute atomic E-state index is 11.8. The van der Waals surface area contributed by atoms with Gasteiger partial charge in [0.05, 0.1) is 0 Å². The molecule has 1 aliphatic carbocycles. The Morgan fingerprint density at radius 3 is 2.82 bits per heavy atom. The lowest BCUT2D eigenvalue weighted by Crippen LogP contribution is -2.38. The fourth-order valence-corrected chi connectivity index (χ4v) is 2.88. The highest BCUT2D eigenvalue weighted by Gasteiger charge is 2.43. The van der Waals surface area contributed by atoms with E-state index in [1.807, 2.05) is 4.90 Å². The first kappa shape index (κ1) is 12.1. The number of carbonyl (C=O) groups is 2. The van der Waals surface area contributed by atoms with E-state index in [1.54, 1.807) is 19.0 Å². The zero-order valence-electron chi connectivity index (χ0n) is 10.8. The lowest BCUT2D eigenvalue weighted by atomic mass is 9.84. The molecule has 0 saturated carbocycles. The lowest BCUT2D eigenvalue weighted by Gasteiger charge is -2.24. The summed E-state index contributed by atoms with van der Waals surface area (Å²) >= 11 is 0. The number of nitrogens with zero attached hydrogens (tertiary/aromatic N) is 2. The van der Waals surface area contributed by atoms with Gasteiger partial charge in [0, 0.05) is 38.5 Å². The predicted molar refractivity (Wildman–Crippen MR) is 65.6 cm³/mol. The number of aldehydes is 1. The zero-order chi connectivity index (χ0) is 12.6. The maximum atomic E-state index is 11.8. The number of amides is 2. The topological polar surface area (TPSA) is 40.6 Å². The molecule has 2 aliphatic rings. The van der Waals surface area contributed by atoms with Crippen LogP contribution in [0.2, 0.25) is 0 Å². The van der Waals surface area contributed by atoms with Crippen molar-refractivity contribution in [1.82, 2.24) is 9.80 Å². The molecule has 0 aromatic heterocycles. The highest BCUT2D eigenvalue weighted by Crippen LogP contribution is 2.44. The summed E-state index contributed by atoms with van der Waals surface area (Å²) < 4.78 is 0. The Kier molecular flexibility index (Phi) is 2.98. The molecule has 2 atom stereocenters. The van der Waals surface area contributed by atoms with Crippen molar-refractivity contribution < 1.29 is 9.59 Å². The van der Waals surface area contributed by atoms with E-state index in [4.69, 9.17) is 0 Å². The minimum Gasteiger partial charge on any atom is -0.331 e. The van der Waals surface area contributed by atoms with Gasteiger partial charge in [-0.3, -0.25) is 0 Å². The molecule has 0 bridgehead atoms. The van der Waals surface area contributed by atoms with Gasteiger partial charge in [-0.25, -0.2) is 4.79 Å². The van der Waals surface area contributed by atoms with Gasteiger partial charge in [0.25, 0.3) is 0 Å². The minimum atomic E-state index is -0.257. The largest absolute Gasteiger partial charge is 0.331 e. The average Bonchev–Trinajstić information content (AvgIpc) is 2.83. The monoisotopic (exact) mass is 236 g/mol. The van der Waals surface area contributed by atoms with E-state index in [-0.39, 0.29) is 11.4 Å². The number of carbonyl (C=O) groups excluding carboxylic acids is 2. The average molecular weight is 236 g/mol. The number of urea groups is 1. The fourth-order valence-electron chi connectivity index (χ4n) is 2.88. The standard InChI is InChI=1S/C13H20N2O2/c1-4-13(9-16)5-10-7-15(8-11(10)6-13)12(17)14(2)3/h5,9,11H,4,6-8H2,1-3H3. The molecule has 1 heterocycles. The van der Waals surface area contributed by atoms with Crippen LogP contribution in [0.3, 0.4) is 0 Å². The van der Waals surface area contributed by atoms with Crippen LogP contribution in [0.15, 0.2) is 11.6 Å². The number of likely N-dealkylation sites (tertiary alicyclic amines) is 1. The van der Waals surface area contributed by atoms with Gasteiger partial charge < -0.3 is 14.6 Å². The van der Waals surface area contributed by atoms with E-state index >= 15 is 0 Å². The maximum Gasteiger partial charge on any atom is 0.319 e. The molecule has 4 heteroatoms. The normalized spacial score (nSPS) is 31.1. The molecule has 94 valence electrons. The Morgan fingerprint density at radius 1 is 1.65 bits per heavy atom. The van der Waals surface area contributed by atoms with Gasteiger partial charge in [-0.1, -0.05) is 13.0 Å². The molecule has 2 amide bonds. The minimum absolute atomic E-state index is 0.0634. The van der Waals surface area contributed by atoms with Crippen molar-refractivity contribution >= 4 is 12.3 Å². The molecule has 0 aromatic carbocycles. The Morgan fingerprint density at radius 2 is 2.35 bits per heavy atom. The molecule has 1 saturated heterocycles. The van der Waals surface area contributed by atoms with Crippen LogP contribution in [0.25, 0.3) is 0 Å². The van der Waals surface area contributed by atoms with Gasteiger partial charge in [-0.15, -0.1) is 0 Å².